The molecule has 3 aromatic carbocycles. The van der Waals surface area contributed by atoms with E-state index in [1.54, 1.807) is 55.5 Å². The SMILES string of the molecule is CC.CC.COc1ccc(CN2Cc3nc(-c4c(F)cccc4F)cc(Nc4ccc(C(=O)N5CCOC6(CC6)C5)cc4)c3C2=O)c(OC)c1. The van der Waals surface area contributed by atoms with Gasteiger partial charge in [-0.05, 0) is 67.4 Å². The number of rotatable bonds is 8. The summed E-state index contributed by atoms with van der Waals surface area (Å²) in [4.78, 5) is 35.1. The van der Waals surface area contributed by atoms with Gasteiger partial charge in [0.05, 0.1) is 74.3 Å². The highest BCUT2D eigenvalue weighted by Crippen LogP contribution is 2.42. The first-order chi connectivity index (χ1) is 24.3. The van der Waals surface area contributed by atoms with Crippen molar-refractivity contribution in [2.24, 2.45) is 0 Å². The molecule has 50 heavy (non-hydrogen) atoms. The Morgan fingerprint density at radius 2 is 1.64 bits per heavy atom. The highest BCUT2D eigenvalue weighted by molar-refractivity contribution is 6.04. The Morgan fingerprint density at radius 3 is 2.28 bits per heavy atom. The minimum absolute atomic E-state index is 0.0571. The number of fused-ring (bicyclic) bond motifs is 1. The molecule has 1 saturated heterocycles. The van der Waals surface area contributed by atoms with Gasteiger partial charge in [-0.15, -0.1) is 0 Å². The average molecular weight is 687 g/mol. The molecule has 3 heterocycles. The number of benzene rings is 3. The summed E-state index contributed by atoms with van der Waals surface area (Å²) < 4.78 is 46.5. The number of nitrogens with one attached hydrogen (secondary N) is 1. The second-order valence-corrected chi connectivity index (χ2v) is 11.8. The number of nitrogens with zero attached hydrogens (tertiary/aromatic N) is 3. The molecular formula is C39H44F2N4O5. The fraction of sp³-hybridized carbons (Fsp3) is 0.359. The standard InChI is InChI=1S/C35H32F2N4O5.2C2H6/c1-44-24-11-8-22(30(16-24)45-2)18-41-19-29-32(34(41)43)28(17-27(39-29)31-25(36)4-3-5-26(31)37)38-23-9-6-21(7-10-23)33(42)40-14-15-46-35(20-40)12-13-35;2*1-2/h3-11,16-17H,12-15,18-20H2,1-2H3,(H,38,39);2*1-2H3. The minimum atomic E-state index is -0.762. The largest absolute Gasteiger partial charge is 0.497 e. The Balaban J connectivity index is 0.00000117. The van der Waals surface area contributed by atoms with E-state index in [2.05, 4.69) is 10.3 Å². The summed E-state index contributed by atoms with van der Waals surface area (Å²) in [6.45, 7) is 9.99. The summed E-state index contributed by atoms with van der Waals surface area (Å²) in [5.41, 5.74) is 2.52. The number of methoxy groups -OCH3 is 2. The number of carbonyl (C=O) groups is 2. The van der Waals surface area contributed by atoms with E-state index in [1.807, 2.05) is 38.7 Å². The number of ether oxygens (including phenoxy) is 3. The van der Waals surface area contributed by atoms with Gasteiger partial charge < -0.3 is 29.3 Å². The topological polar surface area (TPSA) is 93.2 Å². The van der Waals surface area contributed by atoms with Crippen molar-refractivity contribution in [3.05, 3.63) is 101 Å². The van der Waals surface area contributed by atoms with Crippen molar-refractivity contribution in [3.8, 4) is 22.8 Å². The fourth-order valence-electron chi connectivity index (χ4n) is 6.14. The van der Waals surface area contributed by atoms with E-state index in [0.29, 0.717) is 59.4 Å². The van der Waals surface area contributed by atoms with Crippen LogP contribution < -0.4 is 14.8 Å². The lowest BCUT2D eigenvalue weighted by Gasteiger charge is -2.33. The molecule has 2 aliphatic heterocycles. The molecule has 1 saturated carbocycles. The second kappa shape index (κ2) is 15.7. The lowest BCUT2D eigenvalue weighted by molar-refractivity contribution is -0.0376. The first-order valence-corrected chi connectivity index (χ1v) is 17.1. The van der Waals surface area contributed by atoms with Crippen LogP contribution in [0.4, 0.5) is 20.2 Å². The molecule has 4 aromatic rings. The van der Waals surface area contributed by atoms with E-state index >= 15 is 0 Å². The monoisotopic (exact) mass is 686 g/mol. The maximum atomic E-state index is 14.9. The predicted molar refractivity (Wildman–Crippen MR) is 189 cm³/mol. The van der Waals surface area contributed by atoms with Gasteiger partial charge in [0.1, 0.15) is 23.1 Å². The molecule has 3 aliphatic rings. The van der Waals surface area contributed by atoms with Gasteiger partial charge in [-0.1, -0.05) is 33.8 Å². The number of amides is 2. The zero-order chi connectivity index (χ0) is 36.0. The molecular weight excluding hydrogens is 642 g/mol. The summed E-state index contributed by atoms with van der Waals surface area (Å²) in [5.74, 6) is -0.712. The highest BCUT2D eigenvalue weighted by atomic mass is 19.1. The van der Waals surface area contributed by atoms with E-state index in [9.17, 15) is 18.4 Å². The summed E-state index contributed by atoms with van der Waals surface area (Å²) >= 11 is 0. The first kappa shape index (κ1) is 36.3. The van der Waals surface area contributed by atoms with Crippen molar-refractivity contribution in [2.45, 2.75) is 59.2 Å². The van der Waals surface area contributed by atoms with Crippen LogP contribution in [0.5, 0.6) is 11.5 Å². The normalized spacial score (nSPS) is 15.3. The molecule has 11 heteroatoms. The zero-order valence-electron chi connectivity index (χ0n) is 29.4. The van der Waals surface area contributed by atoms with Gasteiger partial charge >= 0.3 is 0 Å². The average Bonchev–Trinajstić information content (AvgIpc) is 3.81. The third-order valence-corrected chi connectivity index (χ3v) is 8.76. The Kier molecular flexibility index (Phi) is 11.4. The maximum absolute atomic E-state index is 14.9. The van der Waals surface area contributed by atoms with E-state index in [-0.39, 0.29) is 41.8 Å². The van der Waals surface area contributed by atoms with Crippen LogP contribution in [-0.2, 0) is 17.8 Å². The van der Waals surface area contributed by atoms with Crippen LogP contribution in [-0.4, -0.2) is 66.1 Å². The third-order valence-electron chi connectivity index (χ3n) is 8.76. The predicted octanol–water partition coefficient (Wildman–Crippen LogP) is 8.00. The molecule has 0 unspecified atom stereocenters. The van der Waals surface area contributed by atoms with Gasteiger partial charge in [0.2, 0.25) is 0 Å². The first-order valence-electron chi connectivity index (χ1n) is 17.1. The van der Waals surface area contributed by atoms with Crippen LogP contribution in [0, 0.1) is 11.6 Å². The quantitative estimate of drug-likeness (QED) is 0.201. The Bertz CT molecular complexity index is 1830. The summed E-state index contributed by atoms with van der Waals surface area (Å²) in [7, 11) is 3.10. The molecule has 264 valence electrons. The van der Waals surface area contributed by atoms with Crippen LogP contribution >= 0.6 is 0 Å². The van der Waals surface area contributed by atoms with E-state index < -0.39 is 11.6 Å². The van der Waals surface area contributed by atoms with E-state index in [0.717, 1.165) is 18.4 Å². The fourth-order valence-corrected chi connectivity index (χ4v) is 6.14. The van der Waals surface area contributed by atoms with Crippen LogP contribution in [0.25, 0.3) is 11.3 Å². The summed E-state index contributed by atoms with van der Waals surface area (Å²) in [5, 5.41) is 3.26. The number of pyridine rings is 1. The molecule has 2 amide bonds. The molecule has 0 bridgehead atoms. The third kappa shape index (κ3) is 7.42. The van der Waals surface area contributed by atoms with Gasteiger partial charge in [-0.3, -0.25) is 9.59 Å². The lowest BCUT2D eigenvalue weighted by Crippen LogP contribution is -2.46. The molecule has 0 atom stereocenters. The van der Waals surface area contributed by atoms with Gasteiger partial charge in [0, 0.05) is 29.4 Å². The van der Waals surface area contributed by atoms with Crippen LogP contribution in [0.1, 0.15) is 72.5 Å². The molecule has 1 aromatic heterocycles. The number of carbonyl (C=O) groups excluding carboxylic acids is 2. The van der Waals surface area contributed by atoms with Crippen molar-refractivity contribution in [3.63, 3.8) is 0 Å². The molecule has 7 rings (SSSR count). The van der Waals surface area contributed by atoms with Crippen molar-refractivity contribution in [1.29, 1.82) is 0 Å². The zero-order valence-corrected chi connectivity index (χ0v) is 29.4. The van der Waals surface area contributed by atoms with Crippen LogP contribution in [0.3, 0.4) is 0 Å². The minimum Gasteiger partial charge on any atom is -0.497 e. The molecule has 1 aliphatic carbocycles. The number of morpholine rings is 1. The van der Waals surface area contributed by atoms with Crippen molar-refractivity contribution in [1.82, 2.24) is 14.8 Å². The van der Waals surface area contributed by atoms with E-state index in [4.69, 9.17) is 14.2 Å². The molecule has 9 nitrogen and oxygen atoms in total. The number of halogens is 2. The molecule has 0 radical (unpaired) electrons. The summed E-state index contributed by atoms with van der Waals surface area (Å²) in [6, 6.07) is 17.4. The van der Waals surface area contributed by atoms with Gasteiger partial charge in [0.15, 0.2) is 0 Å². The van der Waals surface area contributed by atoms with Crippen molar-refractivity contribution in [2.75, 3.05) is 39.2 Å². The number of anilines is 2. The van der Waals surface area contributed by atoms with Gasteiger partial charge in [-0.25, -0.2) is 13.8 Å². The van der Waals surface area contributed by atoms with Gasteiger partial charge in [-0.2, -0.15) is 0 Å². The van der Waals surface area contributed by atoms with Crippen molar-refractivity contribution < 1.29 is 32.6 Å². The Labute approximate surface area is 292 Å². The van der Waals surface area contributed by atoms with Gasteiger partial charge in [0.25, 0.3) is 11.8 Å². The highest BCUT2D eigenvalue weighted by Gasteiger charge is 2.48. The molecule has 2 fully saturated rings. The number of hydrogen-bond acceptors (Lipinski definition) is 7. The number of hydrogen-bond donors (Lipinski definition) is 1. The maximum Gasteiger partial charge on any atom is 0.258 e. The summed E-state index contributed by atoms with van der Waals surface area (Å²) in [6.07, 6.45) is 1.94. The van der Waals surface area contributed by atoms with Crippen molar-refractivity contribution >= 4 is 23.2 Å². The second-order valence-electron chi connectivity index (χ2n) is 11.8. The Hall–Kier alpha value is -5.03. The smallest absolute Gasteiger partial charge is 0.258 e. The van der Waals surface area contributed by atoms with Crippen LogP contribution in [0.2, 0.25) is 0 Å². The molecule has 1 spiro atoms. The van der Waals surface area contributed by atoms with Crippen LogP contribution in [0.15, 0.2) is 66.7 Å². The molecule has 1 N–H and O–H groups in total. The lowest BCUT2D eigenvalue weighted by atomic mass is 10.1. The van der Waals surface area contributed by atoms with E-state index in [1.165, 1.54) is 24.3 Å². The number of aromatic nitrogens is 1. The Morgan fingerprint density at radius 1 is 0.940 bits per heavy atom.